The van der Waals surface area contributed by atoms with E-state index in [-0.39, 0.29) is 0 Å². The fourth-order valence-corrected chi connectivity index (χ4v) is 3.06. The number of rotatable bonds is 3. The maximum Gasteiger partial charge on any atom is 0.213 e. The van der Waals surface area contributed by atoms with Gasteiger partial charge in [0.05, 0.1) is 0 Å². The molecule has 0 radical (unpaired) electrons. The van der Waals surface area contributed by atoms with Crippen LogP contribution in [0.1, 0.15) is 5.56 Å². The second-order valence-electron chi connectivity index (χ2n) is 5.72. The van der Waals surface area contributed by atoms with Crippen LogP contribution in [0, 0.1) is 0 Å². The Kier molecular flexibility index (Phi) is 3.61. The molecule has 1 heterocycles. The van der Waals surface area contributed by atoms with Gasteiger partial charge in [0.25, 0.3) is 0 Å². The molecule has 0 bridgehead atoms. The van der Waals surface area contributed by atoms with Crippen LogP contribution in [-0.2, 0) is 6.54 Å². The Morgan fingerprint density at radius 3 is 2.00 bits per heavy atom. The van der Waals surface area contributed by atoms with Crippen molar-refractivity contribution in [2.24, 2.45) is 0 Å². The van der Waals surface area contributed by atoms with Gasteiger partial charge in [-0.05, 0) is 24.3 Å². The van der Waals surface area contributed by atoms with Crippen LogP contribution in [0.5, 0.6) is 0 Å². The molecule has 23 heavy (non-hydrogen) atoms. The molecule has 0 aliphatic rings. The first kappa shape index (κ1) is 13.7. The average molecular weight is 296 g/mol. The van der Waals surface area contributed by atoms with E-state index in [1.807, 2.05) is 0 Å². The number of hydrogen-bond acceptors (Lipinski definition) is 0. The predicted octanol–water partition coefficient (Wildman–Crippen LogP) is 4.84. The predicted molar refractivity (Wildman–Crippen MR) is 95.1 cm³/mol. The van der Waals surface area contributed by atoms with Crippen molar-refractivity contribution >= 4 is 10.9 Å². The molecule has 0 N–H and O–H groups in total. The molecule has 0 saturated heterocycles. The van der Waals surface area contributed by atoms with E-state index in [0.29, 0.717) is 0 Å². The average Bonchev–Trinajstić information content (AvgIpc) is 2.64. The first-order valence-electron chi connectivity index (χ1n) is 7.93. The van der Waals surface area contributed by atoms with E-state index < -0.39 is 0 Å². The number of para-hydroxylation sites is 1. The van der Waals surface area contributed by atoms with Crippen LogP contribution in [0.4, 0.5) is 0 Å². The van der Waals surface area contributed by atoms with Crippen LogP contribution in [0.3, 0.4) is 0 Å². The molecule has 0 unspecified atom stereocenters. The van der Waals surface area contributed by atoms with Crippen LogP contribution in [-0.4, -0.2) is 0 Å². The van der Waals surface area contributed by atoms with Gasteiger partial charge in [0.1, 0.15) is 0 Å². The number of benzene rings is 3. The summed E-state index contributed by atoms with van der Waals surface area (Å²) in [7, 11) is 0. The Labute approximate surface area is 136 Å². The number of aromatic nitrogens is 1. The van der Waals surface area contributed by atoms with Crippen molar-refractivity contribution in [2.45, 2.75) is 6.54 Å². The molecular weight excluding hydrogens is 278 g/mol. The molecule has 0 saturated carbocycles. The van der Waals surface area contributed by atoms with Gasteiger partial charge in [-0.2, -0.15) is 4.57 Å². The zero-order valence-corrected chi connectivity index (χ0v) is 12.9. The lowest BCUT2D eigenvalue weighted by Crippen LogP contribution is -2.37. The third-order valence-corrected chi connectivity index (χ3v) is 4.19. The van der Waals surface area contributed by atoms with E-state index in [9.17, 15) is 0 Å². The van der Waals surface area contributed by atoms with E-state index in [2.05, 4.69) is 102 Å². The summed E-state index contributed by atoms with van der Waals surface area (Å²) in [6, 6.07) is 34.2. The smallest absolute Gasteiger partial charge is 0.187 e. The summed E-state index contributed by atoms with van der Waals surface area (Å²) in [5.41, 5.74) is 5.06. The van der Waals surface area contributed by atoms with Crippen LogP contribution < -0.4 is 4.57 Å². The highest BCUT2D eigenvalue weighted by Crippen LogP contribution is 2.20. The molecular formula is C22H18N+. The minimum atomic E-state index is 0.867. The zero-order valence-electron chi connectivity index (χ0n) is 12.9. The van der Waals surface area contributed by atoms with Crippen LogP contribution in [0.2, 0.25) is 0 Å². The lowest BCUT2D eigenvalue weighted by atomic mass is 10.1. The van der Waals surface area contributed by atoms with Crippen molar-refractivity contribution in [3.8, 4) is 11.3 Å². The van der Waals surface area contributed by atoms with Crippen molar-refractivity contribution in [1.29, 1.82) is 0 Å². The third kappa shape index (κ3) is 2.74. The van der Waals surface area contributed by atoms with Gasteiger partial charge in [-0.3, -0.25) is 0 Å². The standard InChI is InChI=1S/C22H18N/c1-3-9-18(10-4-1)17-23-21-14-8-7-13-20(21)15-16-22(23)19-11-5-2-6-12-19/h1-16H,17H2/q+1. The van der Waals surface area contributed by atoms with Gasteiger partial charge >= 0.3 is 0 Å². The summed E-state index contributed by atoms with van der Waals surface area (Å²) in [5.74, 6) is 0. The summed E-state index contributed by atoms with van der Waals surface area (Å²) in [5, 5.41) is 1.27. The molecule has 4 aromatic rings. The van der Waals surface area contributed by atoms with E-state index in [0.717, 1.165) is 6.54 Å². The topological polar surface area (TPSA) is 3.88 Å². The molecule has 0 aliphatic heterocycles. The Hall–Kier alpha value is -2.93. The highest BCUT2D eigenvalue weighted by atomic mass is 15.0. The van der Waals surface area contributed by atoms with E-state index in [1.165, 1.54) is 27.7 Å². The Balaban J connectivity index is 1.94. The van der Waals surface area contributed by atoms with Gasteiger partial charge in [-0.1, -0.05) is 60.7 Å². The first-order chi connectivity index (χ1) is 11.4. The second-order valence-corrected chi connectivity index (χ2v) is 5.72. The number of fused-ring (bicyclic) bond motifs is 1. The summed E-state index contributed by atoms with van der Waals surface area (Å²) >= 11 is 0. The Morgan fingerprint density at radius 2 is 1.22 bits per heavy atom. The number of hydrogen-bond donors (Lipinski definition) is 0. The van der Waals surface area contributed by atoms with Crippen molar-refractivity contribution in [3.63, 3.8) is 0 Å². The molecule has 0 amide bonds. The van der Waals surface area contributed by atoms with Crippen molar-refractivity contribution in [3.05, 3.63) is 103 Å². The normalized spacial score (nSPS) is 10.8. The molecule has 1 aromatic heterocycles. The van der Waals surface area contributed by atoms with Crippen molar-refractivity contribution in [2.75, 3.05) is 0 Å². The number of nitrogens with zero attached hydrogens (tertiary/aromatic N) is 1. The van der Waals surface area contributed by atoms with Gasteiger partial charge in [0.2, 0.25) is 11.2 Å². The molecule has 1 nitrogen and oxygen atoms in total. The van der Waals surface area contributed by atoms with E-state index in [4.69, 9.17) is 0 Å². The van der Waals surface area contributed by atoms with Crippen LogP contribution in [0.25, 0.3) is 22.2 Å². The minimum Gasteiger partial charge on any atom is -0.187 e. The highest BCUT2D eigenvalue weighted by Gasteiger charge is 2.17. The van der Waals surface area contributed by atoms with Crippen LogP contribution >= 0.6 is 0 Å². The summed E-state index contributed by atoms with van der Waals surface area (Å²) in [6.07, 6.45) is 0. The highest BCUT2D eigenvalue weighted by molar-refractivity contribution is 5.77. The summed E-state index contributed by atoms with van der Waals surface area (Å²) in [4.78, 5) is 0. The largest absolute Gasteiger partial charge is 0.213 e. The molecule has 0 spiro atoms. The summed E-state index contributed by atoms with van der Waals surface area (Å²) in [6.45, 7) is 0.867. The zero-order chi connectivity index (χ0) is 15.5. The monoisotopic (exact) mass is 296 g/mol. The van der Waals surface area contributed by atoms with E-state index >= 15 is 0 Å². The van der Waals surface area contributed by atoms with E-state index in [1.54, 1.807) is 0 Å². The maximum atomic E-state index is 2.40. The Morgan fingerprint density at radius 1 is 0.565 bits per heavy atom. The van der Waals surface area contributed by atoms with Crippen LogP contribution in [0.15, 0.2) is 97.1 Å². The quantitative estimate of drug-likeness (QED) is 0.476. The maximum absolute atomic E-state index is 2.40. The number of pyridine rings is 1. The Bertz CT molecular complexity index is 928. The van der Waals surface area contributed by atoms with Gasteiger partial charge in [-0.25, -0.2) is 0 Å². The molecule has 1 heteroatoms. The molecule has 3 aromatic carbocycles. The third-order valence-electron chi connectivity index (χ3n) is 4.19. The summed E-state index contributed by atoms with van der Waals surface area (Å²) < 4.78 is 2.40. The van der Waals surface area contributed by atoms with Crippen molar-refractivity contribution < 1.29 is 4.57 Å². The molecule has 110 valence electrons. The lowest BCUT2D eigenvalue weighted by molar-refractivity contribution is -0.651. The fraction of sp³-hybridized carbons (Fsp3) is 0.0455. The van der Waals surface area contributed by atoms with Gasteiger partial charge in [0, 0.05) is 28.6 Å². The lowest BCUT2D eigenvalue weighted by Gasteiger charge is -2.08. The van der Waals surface area contributed by atoms with Gasteiger partial charge in [-0.15, -0.1) is 0 Å². The van der Waals surface area contributed by atoms with Crippen molar-refractivity contribution in [1.82, 2.24) is 0 Å². The van der Waals surface area contributed by atoms with Gasteiger partial charge in [0.15, 0.2) is 6.54 Å². The second kappa shape index (κ2) is 6.05. The molecule has 0 aliphatic carbocycles. The minimum absolute atomic E-state index is 0.867. The SMILES string of the molecule is c1ccc(C[n+]2c(-c3ccccc3)ccc3ccccc32)cc1. The fourth-order valence-electron chi connectivity index (χ4n) is 3.06. The molecule has 0 atom stereocenters. The molecule has 4 rings (SSSR count). The first-order valence-corrected chi connectivity index (χ1v) is 7.93. The molecule has 0 fully saturated rings. The van der Waals surface area contributed by atoms with Gasteiger partial charge < -0.3 is 0 Å².